The van der Waals surface area contributed by atoms with Crippen LogP contribution in [0.15, 0.2) is 30.3 Å². The number of carboxylic acid groups (broad SMARTS) is 1. The van der Waals surface area contributed by atoms with Crippen molar-refractivity contribution in [3.63, 3.8) is 0 Å². The Morgan fingerprint density at radius 1 is 1.16 bits per heavy atom. The molecule has 1 aromatic rings. The highest BCUT2D eigenvalue weighted by Crippen LogP contribution is 2.40. The van der Waals surface area contributed by atoms with Crippen molar-refractivity contribution in [3.8, 4) is 0 Å². The highest BCUT2D eigenvalue weighted by molar-refractivity contribution is 6.74. The number of nitrogens with zero attached hydrogens (tertiary/aromatic N) is 1. The van der Waals surface area contributed by atoms with Crippen LogP contribution in [0.1, 0.15) is 52.0 Å². The number of carbonyl (C=O) groups is 2. The standard InChI is InChI=1S/C24H39NO5Si/c1-23(2,3)31(4,5)30-16-13-24(11-14-25(15-12-24)22(28)29)21(27)18-20(26)17-19-9-7-6-8-10-19/h6-10,20,26H,11-18H2,1-5H3,(H,28,29). The van der Waals surface area contributed by atoms with E-state index in [1.165, 1.54) is 4.90 Å². The average Bonchev–Trinajstić information content (AvgIpc) is 2.68. The topological polar surface area (TPSA) is 87.1 Å². The number of likely N-dealkylation sites (tertiary alicyclic amines) is 1. The van der Waals surface area contributed by atoms with E-state index in [1.54, 1.807) is 0 Å². The molecule has 1 aromatic carbocycles. The van der Waals surface area contributed by atoms with Gasteiger partial charge in [0.15, 0.2) is 8.32 Å². The molecule has 1 fully saturated rings. The molecule has 2 rings (SSSR count). The number of rotatable bonds is 9. The Labute approximate surface area is 187 Å². The molecular weight excluding hydrogens is 410 g/mol. The highest BCUT2D eigenvalue weighted by Gasteiger charge is 2.43. The van der Waals surface area contributed by atoms with Gasteiger partial charge in [0.25, 0.3) is 0 Å². The summed E-state index contributed by atoms with van der Waals surface area (Å²) >= 11 is 0. The largest absolute Gasteiger partial charge is 0.465 e. The third-order valence-electron chi connectivity index (χ3n) is 7.17. The first-order valence-electron chi connectivity index (χ1n) is 11.2. The molecule has 1 atom stereocenters. The van der Waals surface area contributed by atoms with Crippen LogP contribution in [0.2, 0.25) is 18.1 Å². The van der Waals surface area contributed by atoms with Crippen molar-refractivity contribution in [1.82, 2.24) is 4.90 Å². The second-order valence-corrected chi connectivity index (χ2v) is 15.2. The lowest BCUT2D eigenvalue weighted by Crippen LogP contribution is -2.48. The number of hydrogen-bond donors (Lipinski definition) is 2. The first-order valence-corrected chi connectivity index (χ1v) is 14.1. The van der Waals surface area contributed by atoms with Crippen LogP contribution in [0.4, 0.5) is 4.79 Å². The number of amides is 1. The lowest BCUT2D eigenvalue weighted by Gasteiger charge is -2.42. The molecular formula is C24H39NO5Si. The van der Waals surface area contributed by atoms with Crippen molar-refractivity contribution in [2.24, 2.45) is 5.41 Å². The summed E-state index contributed by atoms with van der Waals surface area (Å²) < 4.78 is 6.34. The van der Waals surface area contributed by atoms with Gasteiger partial charge in [0, 0.05) is 31.5 Å². The summed E-state index contributed by atoms with van der Waals surface area (Å²) in [5.74, 6) is 0.0276. The van der Waals surface area contributed by atoms with E-state index in [1.807, 2.05) is 30.3 Å². The van der Waals surface area contributed by atoms with Crippen molar-refractivity contribution in [2.45, 2.75) is 77.1 Å². The van der Waals surface area contributed by atoms with E-state index in [9.17, 15) is 19.8 Å². The molecule has 2 N–H and O–H groups in total. The Morgan fingerprint density at radius 2 is 1.74 bits per heavy atom. The van der Waals surface area contributed by atoms with Gasteiger partial charge >= 0.3 is 6.09 Å². The quantitative estimate of drug-likeness (QED) is 0.533. The number of carbonyl (C=O) groups excluding carboxylic acids is 1. The van der Waals surface area contributed by atoms with E-state index < -0.39 is 25.9 Å². The van der Waals surface area contributed by atoms with E-state index in [4.69, 9.17) is 4.43 Å². The Balaban J connectivity index is 2.06. The molecule has 1 unspecified atom stereocenters. The number of hydrogen-bond acceptors (Lipinski definition) is 4. The van der Waals surface area contributed by atoms with Crippen LogP contribution in [0, 0.1) is 5.41 Å². The predicted molar refractivity (Wildman–Crippen MR) is 125 cm³/mol. The maximum absolute atomic E-state index is 13.4. The zero-order valence-corrected chi connectivity index (χ0v) is 20.7. The molecule has 1 aliphatic rings. The fraction of sp³-hybridized carbons (Fsp3) is 0.667. The van der Waals surface area contributed by atoms with Crippen molar-refractivity contribution >= 4 is 20.2 Å². The Hall–Kier alpha value is -1.70. The molecule has 0 radical (unpaired) electrons. The normalized spacial score (nSPS) is 17.9. The van der Waals surface area contributed by atoms with Crippen LogP contribution in [-0.2, 0) is 15.6 Å². The molecule has 1 heterocycles. The zero-order valence-electron chi connectivity index (χ0n) is 19.7. The third kappa shape index (κ3) is 6.89. The minimum absolute atomic E-state index is 0.0276. The molecule has 6 nitrogen and oxygen atoms in total. The van der Waals surface area contributed by atoms with Crippen molar-refractivity contribution in [3.05, 3.63) is 35.9 Å². The number of aliphatic hydroxyl groups excluding tert-OH is 1. The third-order valence-corrected chi connectivity index (χ3v) is 11.7. The minimum Gasteiger partial charge on any atom is -0.465 e. The molecule has 0 bridgehead atoms. The monoisotopic (exact) mass is 449 g/mol. The molecule has 1 saturated heterocycles. The molecule has 1 amide bonds. The van der Waals surface area contributed by atoms with Crippen LogP contribution >= 0.6 is 0 Å². The van der Waals surface area contributed by atoms with Crippen molar-refractivity contribution in [1.29, 1.82) is 0 Å². The van der Waals surface area contributed by atoms with Gasteiger partial charge in [-0.05, 0) is 49.4 Å². The molecule has 0 saturated carbocycles. The maximum atomic E-state index is 13.4. The van der Waals surface area contributed by atoms with Gasteiger partial charge in [-0.15, -0.1) is 0 Å². The Morgan fingerprint density at radius 3 is 2.26 bits per heavy atom. The number of benzene rings is 1. The van der Waals surface area contributed by atoms with E-state index in [0.717, 1.165) is 5.56 Å². The number of Topliss-reactive ketones (excluding diaryl/α,β-unsaturated/α-hetero) is 1. The highest BCUT2D eigenvalue weighted by atomic mass is 28.4. The number of piperidine rings is 1. The van der Waals surface area contributed by atoms with Crippen LogP contribution in [0.3, 0.4) is 0 Å². The van der Waals surface area contributed by atoms with E-state index in [0.29, 0.717) is 45.4 Å². The number of aliphatic hydroxyl groups is 1. The smallest absolute Gasteiger partial charge is 0.407 e. The molecule has 0 aromatic heterocycles. The molecule has 31 heavy (non-hydrogen) atoms. The summed E-state index contributed by atoms with van der Waals surface area (Å²) in [5, 5.41) is 20.0. The zero-order chi connectivity index (χ0) is 23.3. The summed E-state index contributed by atoms with van der Waals surface area (Å²) in [4.78, 5) is 26.1. The van der Waals surface area contributed by atoms with Gasteiger partial charge in [-0.1, -0.05) is 51.1 Å². The molecule has 0 aliphatic carbocycles. The van der Waals surface area contributed by atoms with Crippen LogP contribution in [-0.4, -0.2) is 61.1 Å². The van der Waals surface area contributed by atoms with Crippen LogP contribution < -0.4 is 0 Å². The summed E-state index contributed by atoms with van der Waals surface area (Å²) in [6.45, 7) is 12.1. The van der Waals surface area contributed by atoms with Gasteiger partial charge in [0.2, 0.25) is 0 Å². The lowest BCUT2D eigenvalue weighted by molar-refractivity contribution is -0.134. The molecule has 7 heteroatoms. The average molecular weight is 450 g/mol. The van der Waals surface area contributed by atoms with Crippen molar-refractivity contribution < 1.29 is 24.2 Å². The van der Waals surface area contributed by atoms with Gasteiger partial charge in [0.05, 0.1) is 6.10 Å². The Kier molecular flexibility index (Phi) is 8.47. The summed E-state index contributed by atoms with van der Waals surface area (Å²) in [5.41, 5.74) is 0.366. The van der Waals surface area contributed by atoms with Gasteiger partial charge in [-0.25, -0.2) is 4.79 Å². The van der Waals surface area contributed by atoms with E-state index >= 15 is 0 Å². The lowest BCUT2D eigenvalue weighted by atomic mass is 9.71. The van der Waals surface area contributed by atoms with Gasteiger partial charge in [-0.2, -0.15) is 0 Å². The van der Waals surface area contributed by atoms with Crippen LogP contribution in [0.25, 0.3) is 0 Å². The summed E-state index contributed by atoms with van der Waals surface area (Å²) in [6, 6.07) is 9.66. The number of ketones is 1. The minimum atomic E-state index is -1.94. The Bertz CT molecular complexity index is 736. The fourth-order valence-corrected chi connectivity index (χ4v) is 4.95. The first-order chi connectivity index (χ1) is 14.4. The fourth-order valence-electron chi connectivity index (χ4n) is 3.90. The maximum Gasteiger partial charge on any atom is 0.407 e. The van der Waals surface area contributed by atoms with Crippen molar-refractivity contribution in [2.75, 3.05) is 19.7 Å². The second kappa shape index (κ2) is 10.3. The second-order valence-electron chi connectivity index (χ2n) is 10.4. The predicted octanol–water partition coefficient (Wildman–Crippen LogP) is 4.72. The van der Waals surface area contributed by atoms with Gasteiger partial charge in [0.1, 0.15) is 5.78 Å². The molecule has 174 valence electrons. The summed E-state index contributed by atoms with van der Waals surface area (Å²) in [7, 11) is -1.94. The molecule has 0 spiro atoms. The van der Waals surface area contributed by atoms with E-state index in [-0.39, 0.29) is 17.2 Å². The van der Waals surface area contributed by atoms with Gasteiger partial charge < -0.3 is 19.5 Å². The first kappa shape index (κ1) is 25.6. The SMILES string of the molecule is CC(C)(C)[Si](C)(C)OCCC1(C(=O)CC(O)Cc2ccccc2)CCN(C(=O)O)CC1. The molecule has 1 aliphatic heterocycles. The summed E-state index contributed by atoms with van der Waals surface area (Å²) in [6.07, 6.45) is 0.373. The van der Waals surface area contributed by atoms with Gasteiger partial charge in [-0.3, -0.25) is 4.79 Å². The van der Waals surface area contributed by atoms with Crippen LogP contribution in [0.5, 0.6) is 0 Å². The van der Waals surface area contributed by atoms with E-state index in [2.05, 4.69) is 33.9 Å².